The molecule has 0 unspecified atom stereocenters. The first-order valence-corrected chi connectivity index (χ1v) is 10.8. The van der Waals surface area contributed by atoms with Crippen molar-refractivity contribution in [3.8, 4) is 11.8 Å². The monoisotopic (exact) mass is 470 g/mol. The molecule has 0 fully saturated rings. The van der Waals surface area contributed by atoms with Crippen molar-refractivity contribution in [3.63, 3.8) is 0 Å². The third-order valence-corrected chi connectivity index (χ3v) is 5.29. The minimum absolute atomic E-state index is 0.0525. The number of allylic oxidation sites excluding steroid dienone is 3. The molecule has 2 aromatic carbocycles. The summed E-state index contributed by atoms with van der Waals surface area (Å²) < 4.78 is 20.7. The Kier molecular flexibility index (Phi) is 8.20. The Morgan fingerprint density at radius 2 is 1.91 bits per heavy atom. The molecule has 178 valence electrons. The van der Waals surface area contributed by atoms with Crippen LogP contribution in [-0.4, -0.2) is 23.5 Å². The molecule has 0 aliphatic rings. The zero-order valence-electron chi connectivity index (χ0n) is 19.8. The van der Waals surface area contributed by atoms with Gasteiger partial charge in [-0.05, 0) is 96.9 Å². The fourth-order valence-corrected chi connectivity index (χ4v) is 3.61. The zero-order valence-corrected chi connectivity index (χ0v) is 19.8. The number of hydrogen-bond donors (Lipinski definition) is 3. The van der Waals surface area contributed by atoms with Crippen molar-refractivity contribution in [2.24, 2.45) is 17.8 Å². The molecular weight excluding hydrogens is 443 g/mol. The van der Waals surface area contributed by atoms with Gasteiger partial charge in [-0.3, -0.25) is 5.41 Å². The van der Waals surface area contributed by atoms with E-state index in [9.17, 15) is 4.39 Å². The van der Waals surface area contributed by atoms with Crippen LogP contribution in [-0.2, 0) is 7.05 Å². The van der Waals surface area contributed by atoms with E-state index in [2.05, 4.69) is 16.4 Å². The fraction of sp³-hybridized carbons (Fsp3) is 0.148. The topological polar surface area (TPSA) is 112 Å². The molecule has 0 aliphatic carbocycles. The third kappa shape index (κ3) is 6.03. The molecule has 35 heavy (non-hydrogen) atoms. The van der Waals surface area contributed by atoms with E-state index in [1.54, 1.807) is 47.2 Å². The van der Waals surface area contributed by atoms with E-state index >= 15 is 0 Å². The van der Waals surface area contributed by atoms with Gasteiger partial charge >= 0.3 is 0 Å². The smallest absolute Gasteiger partial charge is 0.238 e. The standard InChI is InChI=1S/C27H27FN6O/c1-18-14-22(21(8-11-28)9-12-29)15-19(2)26(18)35-27(31)25-24(10-13-34(25)3)33-17-32-23-6-4-20(16-30)5-7-23/h4-10,12-15,17,31H,11,29H2,1-3H3,(H,32,33)/b12-9-,21-8+,31-27?. The van der Waals surface area contributed by atoms with Crippen molar-refractivity contribution in [2.45, 2.75) is 13.8 Å². The van der Waals surface area contributed by atoms with Crippen molar-refractivity contribution in [2.75, 3.05) is 12.0 Å². The predicted octanol–water partition coefficient (Wildman–Crippen LogP) is 5.52. The molecule has 1 aromatic heterocycles. The highest BCUT2D eigenvalue weighted by atomic mass is 19.1. The van der Waals surface area contributed by atoms with Crippen LogP contribution in [0.25, 0.3) is 5.57 Å². The van der Waals surface area contributed by atoms with E-state index in [4.69, 9.17) is 21.1 Å². The van der Waals surface area contributed by atoms with Gasteiger partial charge < -0.3 is 20.4 Å². The van der Waals surface area contributed by atoms with Crippen LogP contribution < -0.4 is 15.8 Å². The van der Waals surface area contributed by atoms with Crippen LogP contribution in [0.2, 0.25) is 0 Å². The average molecular weight is 471 g/mol. The predicted molar refractivity (Wildman–Crippen MR) is 139 cm³/mol. The normalized spacial score (nSPS) is 11.7. The minimum Gasteiger partial charge on any atom is -0.437 e. The number of alkyl halides is 1. The van der Waals surface area contributed by atoms with Gasteiger partial charge in [0.2, 0.25) is 5.90 Å². The molecule has 0 amide bonds. The largest absolute Gasteiger partial charge is 0.437 e. The molecule has 0 saturated carbocycles. The molecule has 1 heterocycles. The van der Waals surface area contributed by atoms with Crippen molar-refractivity contribution in [1.82, 2.24) is 4.57 Å². The van der Waals surface area contributed by atoms with Crippen LogP contribution in [0.5, 0.6) is 5.75 Å². The van der Waals surface area contributed by atoms with E-state index in [-0.39, 0.29) is 5.90 Å². The lowest BCUT2D eigenvalue weighted by atomic mass is 9.99. The van der Waals surface area contributed by atoms with Gasteiger partial charge in [-0.2, -0.15) is 5.26 Å². The zero-order chi connectivity index (χ0) is 25.4. The van der Waals surface area contributed by atoms with E-state index in [1.165, 1.54) is 18.6 Å². The summed E-state index contributed by atoms with van der Waals surface area (Å²) in [5, 5.41) is 20.6. The number of aliphatic imine (C=N–C) groups is 1. The number of rotatable bonds is 8. The summed E-state index contributed by atoms with van der Waals surface area (Å²) in [4.78, 5) is 4.45. The second kappa shape index (κ2) is 11.5. The first-order valence-electron chi connectivity index (χ1n) is 10.8. The van der Waals surface area contributed by atoms with Crippen LogP contribution in [0.4, 0.5) is 15.8 Å². The summed E-state index contributed by atoms with van der Waals surface area (Å²) in [6, 6.07) is 14.6. The summed E-state index contributed by atoms with van der Waals surface area (Å²) in [6.45, 7) is 3.16. The van der Waals surface area contributed by atoms with Gasteiger partial charge in [0.1, 0.15) is 18.1 Å². The first kappa shape index (κ1) is 25.0. The SMILES string of the molecule is Cc1cc(C(/C=C\N)=C/CF)cc(C)c1OC(=N)c1c(N=CNc2ccc(C#N)cc2)ccn1C. The Bertz CT molecular complexity index is 1320. The summed E-state index contributed by atoms with van der Waals surface area (Å²) in [5.41, 5.74) is 11.0. The Morgan fingerprint density at radius 3 is 2.51 bits per heavy atom. The molecule has 0 atom stereocenters. The van der Waals surface area contributed by atoms with Crippen LogP contribution >= 0.6 is 0 Å². The molecule has 3 rings (SSSR count). The van der Waals surface area contributed by atoms with Gasteiger partial charge in [0, 0.05) is 18.9 Å². The molecule has 0 radical (unpaired) electrons. The number of hydrogen-bond acceptors (Lipinski definition) is 5. The lowest BCUT2D eigenvalue weighted by molar-refractivity contribution is 0.533. The molecule has 0 spiro atoms. The molecule has 0 saturated heterocycles. The van der Waals surface area contributed by atoms with Gasteiger partial charge in [-0.25, -0.2) is 9.38 Å². The Balaban J connectivity index is 1.81. The van der Waals surface area contributed by atoms with Crippen molar-refractivity contribution >= 4 is 29.2 Å². The highest BCUT2D eigenvalue weighted by Gasteiger charge is 2.17. The number of nitrogens with zero attached hydrogens (tertiary/aromatic N) is 3. The lowest BCUT2D eigenvalue weighted by Crippen LogP contribution is -2.14. The number of nitriles is 1. The van der Waals surface area contributed by atoms with Gasteiger partial charge in [0.25, 0.3) is 0 Å². The maximum absolute atomic E-state index is 12.9. The second-order valence-electron chi connectivity index (χ2n) is 7.80. The Morgan fingerprint density at radius 1 is 1.23 bits per heavy atom. The molecule has 3 aromatic rings. The number of anilines is 1. The average Bonchev–Trinajstić information content (AvgIpc) is 3.21. The summed E-state index contributed by atoms with van der Waals surface area (Å²) in [7, 11) is 1.82. The van der Waals surface area contributed by atoms with Crippen LogP contribution in [0.1, 0.15) is 27.9 Å². The van der Waals surface area contributed by atoms with E-state index < -0.39 is 6.67 Å². The fourth-order valence-electron chi connectivity index (χ4n) is 3.61. The van der Waals surface area contributed by atoms with Gasteiger partial charge in [-0.15, -0.1) is 0 Å². The number of aromatic nitrogens is 1. The van der Waals surface area contributed by atoms with Crippen molar-refractivity contribution in [3.05, 3.63) is 95.0 Å². The summed E-state index contributed by atoms with van der Waals surface area (Å²) >= 11 is 0. The second-order valence-corrected chi connectivity index (χ2v) is 7.80. The maximum atomic E-state index is 12.9. The molecule has 0 aliphatic heterocycles. The number of nitrogens with two attached hydrogens (primary N) is 1. The number of ether oxygens (including phenoxy) is 1. The molecule has 7 nitrogen and oxygen atoms in total. The van der Waals surface area contributed by atoms with Crippen LogP contribution in [0, 0.1) is 30.6 Å². The van der Waals surface area contributed by atoms with Crippen LogP contribution in [0.15, 0.2) is 72.0 Å². The van der Waals surface area contributed by atoms with Crippen molar-refractivity contribution in [1.29, 1.82) is 10.7 Å². The summed E-state index contributed by atoms with van der Waals surface area (Å²) in [6.07, 6.45) is 7.82. The van der Waals surface area contributed by atoms with Crippen LogP contribution in [0.3, 0.4) is 0 Å². The van der Waals surface area contributed by atoms with E-state index in [1.807, 2.05) is 33.0 Å². The minimum atomic E-state index is -0.600. The number of nitrogens with one attached hydrogen (secondary N) is 2. The number of aryl methyl sites for hydroxylation is 3. The highest BCUT2D eigenvalue weighted by molar-refractivity contribution is 5.98. The maximum Gasteiger partial charge on any atom is 0.238 e. The molecule has 8 heteroatoms. The number of benzene rings is 2. The Hall–Kier alpha value is -4.64. The van der Waals surface area contributed by atoms with E-state index in [0.717, 1.165) is 22.4 Å². The molecular formula is C27H27FN6O. The molecule has 0 bridgehead atoms. The molecule has 4 N–H and O–H groups in total. The first-order chi connectivity index (χ1) is 16.9. The third-order valence-electron chi connectivity index (χ3n) is 5.29. The Labute approximate surface area is 204 Å². The van der Waals surface area contributed by atoms with E-state index in [0.29, 0.717) is 28.3 Å². The number of halogens is 1. The van der Waals surface area contributed by atoms with Gasteiger partial charge in [0.05, 0.1) is 23.7 Å². The van der Waals surface area contributed by atoms with Crippen molar-refractivity contribution < 1.29 is 9.13 Å². The van der Waals surface area contributed by atoms with Gasteiger partial charge in [-0.1, -0.05) is 0 Å². The lowest BCUT2D eigenvalue weighted by Gasteiger charge is -2.15. The highest BCUT2D eigenvalue weighted by Crippen LogP contribution is 2.30. The quantitative estimate of drug-likeness (QED) is 0.229. The summed E-state index contributed by atoms with van der Waals surface area (Å²) in [5.74, 6) is 0.505. The van der Waals surface area contributed by atoms with Gasteiger partial charge in [0.15, 0.2) is 0 Å².